The molecule has 0 aliphatic carbocycles. The van der Waals surface area contributed by atoms with E-state index in [1.54, 1.807) is 41.5 Å². The summed E-state index contributed by atoms with van der Waals surface area (Å²) in [4.78, 5) is 24.1. The van der Waals surface area contributed by atoms with Gasteiger partial charge in [-0.3, -0.25) is 0 Å². The van der Waals surface area contributed by atoms with Crippen LogP contribution in [0.3, 0.4) is 0 Å². The molecule has 1 heterocycles. The Balaban J connectivity index is 2.73. The van der Waals surface area contributed by atoms with Crippen LogP contribution in [0.15, 0.2) is 0 Å². The second-order valence-corrected chi connectivity index (χ2v) is 6.93. The number of amides is 2. The second-order valence-electron chi connectivity index (χ2n) is 6.93. The van der Waals surface area contributed by atoms with E-state index < -0.39 is 29.6 Å². The molecular formula is C14H26N2O5. The molecule has 0 aromatic carbocycles. The van der Waals surface area contributed by atoms with Crippen LogP contribution in [0.1, 0.15) is 54.4 Å². The first-order chi connectivity index (χ1) is 9.48. The number of carbonyl (C=O) groups excluding carboxylic acids is 2. The van der Waals surface area contributed by atoms with Crippen molar-refractivity contribution in [1.29, 1.82) is 0 Å². The van der Waals surface area contributed by atoms with Crippen LogP contribution in [-0.4, -0.2) is 41.2 Å². The van der Waals surface area contributed by atoms with Gasteiger partial charge in [0.2, 0.25) is 0 Å². The molecular weight excluding hydrogens is 276 g/mol. The van der Waals surface area contributed by atoms with E-state index in [0.717, 1.165) is 11.4 Å². The Labute approximate surface area is 125 Å². The minimum absolute atomic E-state index is 0.535. The summed E-state index contributed by atoms with van der Waals surface area (Å²) < 4.78 is 15.9. The fraction of sp³-hybridized carbons (Fsp3) is 0.857. The first-order valence-corrected chi connectivity index (χ1v) is 7.11. The predicted octanol–water partition coefficient (Wildman–Crippen LogP) is 2.80. The van der Waals surface area contributed by atoms with Crippen molar-refractivity contribution in [3.63, 3.8) is 0 Å². The van der Waals surface area contributed by atoms with Crippen molar-refractivity contribution < 1.29 is 23.8 Å². The minimum Gasteiger partial charge on any atom is -0.443 e. The largest absolute Gasteiger partial charge is 0.443 e. The topological polar surface area (TPSA) is 77.1 Å². The summed E-state index contributed by atoms with van der Waals surface area (Å²) in [6.07, 6.45) is -0.467. The molecule has 7 nitrogen and oxygen atoms in total. The summed E-state index contributed by atoms with van der Waals surface area (Å²) >= 11 is 0. The van der Waals surface area contributed by atoms with Crippen LogP contribution in [0.25, 0.3) is 0 Å². The maximum Gasteiger partial charge on any atom is 0.431 e. The number of nitrogens with zero attached hydrogens (tertiary/aromatic N) is 1. The third kappa shape index (κ3) is 6.66. The molecule has 1 aliphatic heterocycles. The third-order valence-electron chi connectivity index (χ3n) is 2.39. The highest BCUT2D eigenvalue weighted by molar-refractivity contribution is 5.74. The lowest BCUT2D eigenvalue weighted by Gasteiger charge is -2.31. The van der Waals surface area contributed by atoms with Gasteiger partial charge >= 0.3 is 12.2 Å². The van der Waals surface area contributed by atoms with Crippen molar-refractivity contribution in [1.82, 2.24) is 10.4 Å². The van der Waals surface area contributed by atoms with E-state index in [-0.39, 0.29) is 0 Å². The van der Waals surface area contributed by atoms with E-state index in [0.29, 0.717) is 13.0 Å². The van der Waals surface area contributed by atoms with Crippen LogP contribution in [-0.2, 0) is 14.2 Å². The summed E-state index contributed by atoms with van der Waals surface area (Å²) in [6, 6.07) is 0. The maximum absolute atomic E-state index is 12.2. The Morgan fingerprint density at radius 1 is 1.10 bits per heavy atom. The second kappa shape index (κ2) is 6.51. The molecule has 0 aromatic rings. The maximum atomic E-state index is 12.2. The van der Waals surface area contributed by atoms with Gasteiger partial charge < -0.3 is 14.2 Å². The van der Waals surface area contributed by atoms with Gasteiger partial charge in [-0.2, -0.15) is 5.01 Å². The Kier molecular flexibility index (Phi) is 5.44. The molecule has 1 fully saturated rings. The van der Waals surface area contributed by atoms with Crippen molar-refractivity contribution in [2.24, 2.45) is 0 Å². The number of rotatable bonds is 1. The van der Waals surface area contributed by atoms with E-state index in [1.165, 1.54) is 0 Å². The molecule has 2 amide bonds. The Morgan fingerprint density at radius 3 is 2.10 bits per heavy atom. The lowest BCUT2D eigenvalue weighted by molar-refractivity contribution is -0.0656. The van der Waals surface area contributed by atoms with Crippen molar-refractivity contribution in [3.8, 4) is 0 Å². The SMILES string of the molecule is CC(C)(C)OC(=O)NN(C(=O)OC(C)(C)C)[C@@H]1CCCO1. The molecule has 0 aromatic heterocycles. The number of nitrogens with one attached hydrogen (secondary N) is 1. The van der Waals surface area contributed by atoms with E-state index in [4.69, 9.17) is 14.2 Å². The average Bonchev–Trinajstić information content (AvgIpc) is 2.73. The van der Waals surface area contributed by atoms with Crippen LogP contribution >= 0.6 is 0 Å². The molecule has 1 rings (SSSR count). The summed E-state index contributed by atoms with van der Waals surface area (Å²) in [6.45, 7) is 11.0. The van der Waals surface area contributed by atoms with Gasteiger partial charge in [0.25, 0.3) is 0 Å². The quantitative estimate of drug-likeness (QED) is 0.754. The van der Waals surface area contributed by atoms with Gasteiger partial charge in [0.05, 0.1) is 0 Å². The molecule has 0 unspecified atom stereocenters. The zero-order valence-electron chi connectivity index (χ0n) is 13.7. The van der Waals surface area contributed by atoms with E-state index in [2.05, 4.69) is 5.43 Å². The van der Waals surface area contributed by atoms with Crippen molar-refractivity contribution in [3.05, 3.63) is 0 Å². The highest BCUT2D eigenvalue weighted by Gasteiger charge is 2.33. The molecule has 0 saturated carbocycles. The molecule has 1 saturated heterocycles. The monoisotopic (exact) mass is 302 g/mol. The zero-order chi connectivity index (χ0) is 16.3. The van der Waals surface area contributed by atoms with Gasteiger partial charge in [-0.05, 0) is 54.4 Å². The molecule has 0 bridgehead atoms. The minimum atomic E-state index is -0.719. The van der Waals surface area contributed by atoms with Gasteiger partial charge in [-0.25, -0.2) is 15.0 Å². The van der Waals surface area contributed by atoms with Crippen LogP contribution in [0.4, 0.5) is 9.59 Å². The van der Waals surface area contributed by atoms with Crippen LogP contribution in [0, 0.1) is 0 Å². The lowest BCUT2D eigenvalue weighted by atomic mass is 10.2. The molecule has 1 atom stereocenters. The van der Waals surface area contributed by atoms with E-state index in [1.807, 2.05) is 0 Å². The Bertz CT molecular complexity index is 378. The van der Waals surface area contributed by atoms with Gasteiger partial charge in [-0.1, -0.05) is 0 Å². The molecule has 0 spiro atoms. The number of hydrogen-bond donors (Lipinski definition) is 1. The molecule has 1 N–H and O–H groups in total. The zero-order valence-corrected chi connectivity index (χ0v) is 13.7. The van der Waals surface area contributed by atoms with Crippen LogP contribution in [0.2, 0.25) is 0 Å². The Hall–Kier alpha value is -1.50. The first kappa shape index (κ1) is 17.6. The summed E-state index contributed by atoms with van der Waals surface area (Å²) in [7, 11) is 0. The number of hydrazine groups is 1. The predicted molar refractivity (Wildman–Crippen MR) is 76.4 cm³/mol. The van der Waals surface area contributed by atoms with Crippen molar-refractivity contribution in [2.45, 2.75) is 71.8 Å². The lowest BCUT2D eigenvalue weighted by Crippen LogP contribution is -2.54. The smallest absolute Gasteiger partial charge is 0.431 e. The van der Waals surface area contributed by atoms with Gasteiger partial charge in [0.1, 0.15) is 11.2 Å². The highest BCUT2D eigenvalue weighted by Crippen LogP contribution is 2.18. The third-order valence-corrected chi connectivity index (χ3v) is 2.39. The van der Waals surface area contributed by atoms with Gasteiger partial charge in [0.15, 0.2) is 6.23 Å². The highest BCUT2D eigenvalue weighted by atomic mass is 16.6. The molecule has 21 heavy (non-hydrogen) atoms. The van der Waals surface area contributed by atoms with Crippen molar-refractivity contribution in [2.75, 3.05) is 6.61 Å². The van der Waals surface area contributed by atoms with Gasteiger partial charge in [0, 0.05) is 6.61 Å². The molecule has 7 heteroatoms. The van der Waals surface area contributed by atoms with Crippen molar-refractivity contribution >= 4 is 12.2 Å². The molecule has 1 aliphatic rings. The summed E-state index contributed by atoms with van der Waals surface area (Å²) in [5.41, 5.74) is 1.09. The standard InChI is InChI=1S/C14H26N2O5/c1-13(2,3)20-11(17)15-16(10-8-7-9-19-10)12(18)21-14(4,5)6/h10H,7-9H2,1-6H3,(H,15,17)/t10-/m0/s1. The summed E-state index contributed by atoms with van der Waals surface area (Å²) in [5.74, 6) is 0. The average molecular weight is 302 g/mol. The van der Waals surface area contributed by atoms with Crippen LogP contribution < -0.4 is 5.43 Å². The van der Waals surface area contributed by atoms with E-state index in [9.17, 15) is 9.59 Å². The number of carbonyl (C=O) groups is 2. The molecule has 122 valence electrons. The normalized spacial score (nSPS) is 19.0. The molecule has 0 radical (unpaired) electrons. The number of hydrogen-bond acceptors (Lipinski definition) is 5. The van der Waals surface area contributed by atoms with Gasteiger partial charge in [-0.15, -0.1) is 0 Å². The summed E-state index contributed by atoms with van der Waals surface area (Å²) in [5, 5.41) is 1.06. The fourth-order valence-electron chi connectivity index (χ4n) is 1.71. The number of ether oxygens (including phenoxy) is 3. The Morgan fingerprint density at radius 2 is 1.67 bits per heavy atom. The van der Waals surface area contributed by atoms with Crippen LogP contribution in [0.5, 0.6) is 0 Å². The fourth-order valence-corrected chi connectivity index (χ4v) is 1.71. The van der Waals surface area contributed by atoms with E-state index >= 15 is 0 Å². The first-order valence-electron chi connectivity index (χ1n) is 7.11.